The van der Waals surface area contributed by atoms with Crippen LogP contribution in [0.3, 0.4) is 0 Å². The van der Waals surface area contributed by atoms with Crippen molar-refractivity contribution in [1.82, 2.24) is 0 Å². The Hall–Kier alpha value is -3.59. The molecule has 0 saturated heterocycles. The molecule has 1 spiro atoms. The fourth-order valence-corrected chi connectivity index (χ4v) is 11.6. The highest BCUT2D eigenvalue weighted by atomic mass is 16.6. The van der Waals surface area contributed by atoms with Crippen molar-refractivity contribution in [2.75, 3.05) is 13.2 Å². The van der Waals surface area contributed by atoms with Gasteiger partial charge >= 0.3 is 11.9 Å². The number of carbonyl (C=O) groups excluding carboxylic acids is 3. The lowest BCUT2D eigenvalue weighted by atomic mass is 9.60. The van der Waals surface area contributed by atoms with Gasteiger partial charge in [-0.2, -0.15) is 0 Å². The van der Waals surface area contributed by atoms with E-state index in [0.717, 1.165) is 12.8 Å². The summed E-state index contributed by atoms with van der Waals surface area (Å²) in [7, 11) is 0. The first-order valence-electron chi connectivity index (χ1n) is 19.2. The zero-order valence-electron chi connectivity index (χ0n) is 30.8. The van der Waals surface area contributed by atoms with Crippen LogP contribution in [0.4, 0.5) is 0 Å². The Balaban J connectivity index is 1.21. The minimum Gasteiger partial charge on any atom is -0.465 e. The maximum Gasteiger partial charge on any atom is 0.310 e. The number of rotatable bonds is 8. The topological polar surface area (TPSA) is 130 Å². The average molecular weight is 711 g/mol. The number of unbranched alkanes of at least 4 members (excludes halogenated alkanes) is 1. The summed E-state index contributed by atoms with van der Waals surface area (Å²) >= 11 is 0. The highest BCUT2D eigenvalue weighted by Crippen LogP contribution is 2.77. The van der Waals surface area contributed by atoms with Crippen molar-refractivity contribution in [3.05, 3.63) is 96.7 Å². The number of Topliss-reactive ketones (excluding diaryl/α,β-unsaturated/α-hetero) is 1. The molecule has 7 rings (SSSR count). The van der Waals surface area contributed by atoms with Gasteiger partial charge < -0.3 is 24.8 Å². The number of hydrogen-bond acceptors (Lipinski definition) is 8. The quantitative estimate of drug-likeness (QED) is 0.161. The smallest absolute Gasteiger partial charge is 0.310 e. The third-order valence-electron chi connectivity index (χ3n) is 14.0. The van der Waals surface area contributed by atoms with Crippen LogP contribution in [0, 0.1) is 64.6 Å². The summed E-state index contributed by atoms with van der Waals surface area (Å²) in [5.74, 6) is -3.66. The van der Waals surface area contributed by atoms with Crippen LogP contribution in [-0.4, -0.2) is 63.1 Å². The molecule has 52 heavy (non-hydrogen) atoms. The normalized spacial score (nSPS) is 47.2. The molecule has 1 aliphatic heterocycles. The second-order valence-corrected chi connectivity index (χ2v) is 16.8. The summed E-state index contributed by atoms with van der Waals surface area (Å²) in [5, 5.41) is 35.1. The largest absolute Gasteiger partial charge is 0.465 e. The molecule has 14 atom stereocenters. The number of esters is 2. The third-order valence-corrected chi connectivity index (χ3v) is 14.0. The van der Waals surface area contributed by atoms with Crippen LogP contribution >= 0.6 is 0 Å². The number of aliphatic hydroxyl groups is 3. The molecule has 278 valence electrons. The van der Waals surface area contributed by atoms with Gasteiger partial charge in [-0.05, 0) is 66.4 Å². The number of ether oxygens (including phenoxy) is 2. The molecule has 0 aromatic rings. The molecule has 8 heteroatoms. The number of aliphatic hydroxyl groups excluding tert-OH is 1. The molecule has 0 bridgehead atoms. The molecular weight excluding hydrogens is 656 g/mol. The monoisotopic (exact) mass is 710 g/mol. The van der Waals surface area contributed by atoms with E-state index in [4.69, 9.17) is 9.47 Å². The second kappa shape index (κ2) is 13.4. The van der Waals surface area contributed by atoms with Crippen LogP contribution in [0.5, 0.6) is 0 Å². The Labute approximate surface area is 307 Å². The van der Waals surface area contributed by atoms with Crippen molar-refractivity contribution in [1.29, 1.82) is 0 Å². The summed E-state index contributed by atoms with van der Waals surface area (Å²) in [6.45, 7) is 11.1. The van der Waals surface area contributed by atoms with E-state index in [9.17, 15) is 29.7 Å². The van der Waals surface area contributed by atoms with Gasteiger partial charge in [0.05, 0.1) is 24.5 Å². The molecule has 7 aliphatic rings. The molecule has 0 radical (unpaired) electrons. The van der Waals surface area contributed by atoms with Crippen molar-refractivity contribution in [3.63, 3.8) is 0 Å². The van der Waals surface area contributed by atoms with Crippen molar-refractivity contribution in [2.45, 2.75) is 76.6 Å². The van der Waals surface area contributed by atoms with E-state index in [1.807, 2.05) is 44.2 Å². The lowest BCUT2D eigenvalue weighted by Crippen LogP contribution is -2.61. The summed E-state index contributed by atoms with van der Waals surface area (Å²) in [6, 6.07) is 0. The molecule has 7 unspecified atom stereocenters. The van der Waals surface area contributed by atoms with Gasteiger partial charge in [-0.1, -0.05) is 113 Å². The van der Waals surface area contributed by atoms with Gasteiger partial charge in [-0.25, -0.2) is 0 Å². The number of allylic oxidation sites excluding steroid dienone is 10. The van der Waals surface area contributed by atoms with Gasteiger partial charge in [0.15, 0.2) is 5.78 Å². The van der Waals surface area contributed by atoms with E-state index in [-0.39, 0.29) is 61.4 Å². The average Bonchev–Trinajstić information content (AvgIpc) is 3.86. The van der Waals surface area contributed by atoms with E-state index in [0.29, 0.717) is 11.1 Å². The molecule has 8 nitrogen and oxygen atoms in total. The lowest BCUT2D eigenvalue weighted by Gasteiger charge is -2.50. The van der Waals surface area contributed by atoms with E-state index >= 15 is 0 Å². The summed E-state index contributed by atoms with van der Waals surface area (Å²) in [6.07, 6.45) is 28.0. The van der Waals surface area contributed by atoms with Crippen molar-refractivity contribution in [2.24, 2.45) is 64.6 Å². The van der Waals surface area contributed by atoms with Gasteiger partial charge in [-0.15, -0.1) is 0 Å². The fourth-order valence-electron chi connectivity index (χ4n) is 11.6. The molecule has 6 aliphatic carbocycles. The van der Waals surface area contributed by atoms with Crippen LogP contribution in [0.25, 0.3) is 0 Å². The Morgan fingerprint density at radius 2 is 1.77 bits per heavy atom. The van der Waals surface area contributed by atoms with Crippen LogP contribution < -0.4 is 0 Å². The first-order valence-corrected chi connectivity index (χ1v) is 19.2. The van der Waals surface area contributed by atoms with E-state index < -0.39 is 70.2 Å². The fraction of sp³-hybridized carbons (Fsp3) is 0.568. The summed E-state index contributed by atoms with van der Waals surface area (Å²) < 4.78 is 12.8. The maximum atomic E-state index is 14.4. The third kappa shape index (κ3) is 5.38. The maximum absolute atomic E-state index is 14.4. The molecular formula is C44H54O8. The molecule has 1 heterocycles. The number of fused-ring (bicyclic) bond motifs is 8. The van der Waals surface area contributed by atoms with Gasteiger partial charge in [-0.3, -0.25) is 14.4 Å². The minimum absolute atomic E-state index is 0.0149. The Bertz CT molecular complexity index is 1730. The lowest BCUT2D eigenvalue weighted by molar-refractivity contribution is -0.187. The molecule has 4 fully saturated rings. The molecule has 4 saturated carbocycles. The van der Waals surface area contributed by atoms with Crippen molar-refractivity contribution in [3.8, 4) is 0 Å². The van der Waals surface area contributed by atoms with Gasteiger partial charge in [0.25, 0.3) is 0 Å². The zero-order chi connectivity index (χ0) is 37.2. The number of hydrogen-bond donors (Lipinski definition) is 3. The standard InChI is InChI=1S/C44H54O8/c1-6-8-10-11-12-13-14-17-31-35-29(16-9-7-2)30-18-15-19-34(46)52-43-22-27(4)44(50)32(38(43)41(43,5)25-51-40(48)37(30)36(31)35)21-28(24-45)23-42(49)33(44)20-26(3)39(42)47/h7,9-18,20-21,27,29-33,35-38,45,49-50H,2,6,8,19,22-25H2,1,3-5H3/b11-10+,13-12+,16-9-,17-14+,18-15+/t27-,29?,30?,31?,32+,33?,35?,36?,37?,38-,41-,42-,43+,44-/m1/s1. The highest BCUT2D eigenvalue weighted by molar-refractivity contribution is 6.04. The number of carbonyl (C=O) groups is 3. The number of ketones is 1. The molecule has 0 aromatic heterocycles. The van der Waals surface area contributed by atoms with E-state index in [2.05, 4.69) is 43.9 Å². The predicted molar refractivity (Wildman–Crippen MR) is 197 cm³/mol. The minimum atomic E-state index is -1.89. The highest BCUT2D eigenvalue weighted by Gasteiger charge is 2.85. The van der Waals surface area contributed by atoms with Crippen LogP contribution in [0.15, 0.2) is 96.7 Å². The van der Waals surface area contributed by atoms with Gasteiger partial charge in [0.1, 0.15) is 17.8 Å². The summed E-state index contributed by atoms with van der Waals surface area (Å²) in [4.78, 5) is 41.4. The van der Waals surface area contributed by atoms with Crippen LogP contribution in [0.2, 0.25) is 0 Å². The van der Waals surface area contributed by atoms with E-state index in [1.54, 1.807) is 25.2 Å². The van der Waals surface area contributed by atoms with Gasteiger partial charge in [0.2, 0.25) is 0 Å². The molecule has 0 aromatic carbocycles. The second-order valence-electron chi connectivity index (χ2n) is 16.8. The first-order chi connectivity index (χ1) is 24.8. The SMILES string of the molecule is C=C/C=C\C1C2/C=C/CC(=O)O[C@@]34C[C@@H](C)[C@]5(O)C6C=C(C)C(=O)[C@@]6(O)CC(CO)=C[C@H]5[C@@H]3[C@@]4(C)COC(=O)C2C2C(/C=C/C=C/C=C/CCC)C12. The zero-order valence-corrected chi connectivity index (χ0v) is 30.8. The van der Waals surface area contributed by atoms with Crippen LogP contribution in [0.1, 0.15) is 59.8 Å². The first kappa shape index (κ1) is 36.8. The summed E-state index contributed by atoms with van der Waals surface area (Å²) in [5.41, 5.74) is -4.56. The van der Waals surface area contributed by atoms with Crippen molar-refractivity contribution >= 4 is 17.7 Å². The molecule has 0 amide bonds. The molecule has 3 N–H and O–H groups in total. The Morgan fingerprint density at radius 3 is 2.50 bits per heavy atom. The van der Waals surface area contributed by atoms with E-state index in [1.165, 1.54) is 0 Å². The van der Waals surface area contributed by atoms with Crippen molar-refractivity contribution < 1.29 is 39.2 Å². The number of cyclic esters (lactones) is 1. The van der Waals surface area contributed by atoms with Gasteiger partial charge in [0, 0.05) is 29.6 Å². The predicted octanol–water partition coefficient (Wildman–Crippen LogP) is 5.93. The Kier molecular flexibility index (Phi) is 9.45. The Morgan fingerprint density at radius 1 is 1.02 bits per heavy atom. The van der Waals surface area contributed by atoms with Crippen LogP contribution in [-0.2, 0) is 23.9 Å².